The number of nitrogens with zero attached hydrogens (tertiary/aromatic N) is 2. The van der Waals surface area contributed by atoms with Crippen LogP contribution in [0.1, 0.15) is 26.3 Å². The van der Waals surface area contributed by atoms with Crippen LogP contribution in [0.15, 0.2) is 36.4 Å². The lowest BCUT2D eigenvalue weighted by molar-refractivity contribution is 0.0693. The average molecular weight is 359 g/mol. The zero-order chi connectivity index (χ0) is 19.0. The molecule has 1 N–H and O–H groups in total. The topological polar surface area (TPSA) is 69.7 Å². The van der Waals surface area contributed by atoms with Gasteiger partial charge in [-0.05, 0) is 24.3 Å². The van der Waals surface area contributed by atoms with Crippen molar-refractivity contribution in [2.45, 2.75) is 6.54 Å². The molecular weight excluding hydrogens is 344 g/mol. The van der Waals surface area contributed by atoms with Crippen molar-refractivity contribution in [2.75, 3.05) is 19.4 Å². The van der Waals surface area contributed by atoms with Gasteiger partial charge in [0.05, 0.1) is 11.1 Å². The van der Waals surface area contributed by atoms with Crippen molar-refractivity contribution >= 4 is 23.5 Å². The van der Waals surface area contributed by atoms with Gasteiger partial charge in [0.25, 0.3) is 11.8 Å². The minimum Gasteiger partial charge on any atom is -0.323 e. The molecule has 0 spiro atoms. The third kappa shape index (κ3) is 3.13. The first-order valence-corrected chi connectivity index (χ1v) is 7.70. The number of halogens is 2. The highest BCUT2D eigenvalue weighted by Gasteiger charge is 2.32. The van der Waals surface area contributed by atoms with E-state index in [-0.39, 0.29) is 23.2 Å². The third-order valence-corrected chi connectivity index (χ3v) is 4.11. The van der Waals surface area contributed by atoms with E-state index in [1.165, 1.54) is 43.3 Å². The van der Waals surface area contributed by atoms with Crippen molar-refractivity contribution < 1.29 is 23.2 Å². The maximum absolute atomic E-state index is 13.7. The number of benzene rings is 2. The second kappa shape index (κ2) is 6.55. The van der Waals surface area contributed by atoms with Crippen LogP contribution in [0, 0.1) is 11.6 Å². The molecule has 0 fully saturated rings. The Labute approximate surface area is 148 Å². The largest absolute Gasteiger partial charge is 0.323 e. The summed E-state index contributed by atoms with van der Waals surface area (Å²) in [6, 6.07) is 6.98. The molecule has 3 rings (SSSR count). The van der Waals surface area contributed by atoms with Gasteiger partial charge in [-0.2, -0.15) is 0 Å². The summed E-state index contributed by atoms with van der Waals surface area (Å²) in [7, 11) is 2.84. The molecular formula is C18H15F2N3O3. The van der Waals surface area contributed by atoms with Gasteiger partial charge in [-0.15, -0.1) is 0 Å². The Kier molecular flexibility index (Phi) is 4.41. The molecule has 134 valence electrons. The van der Waals surface area contributed by atoms with Gasteiger partial charge in [0.15, 0.2) is 0 Å². The molecule has 2 aromatic rings. The van der Waals surface area contributed by atoms with Crippen LogP contribution < -0.4 is 5.32 Å². The van der Waals surface area contributed by atoms with Crippen LogP contribution in [0.25, 0.3) is 0 Å². The molecule has 0 aliphatic carbocycles. The molecule has 0 saturated heterocycles. The molecule has 6 nitrogen and oxygen atoms in total. The van der Waals surface area contributed by atoms with E-state index in [0.29, 0.717) is 5.69 Å². The van der Waals surface area contributed by atoms with Gasteiger partial charge in [-0.3, -0.25) is 14.5 Å². The summed E-state index contributed by atoms with van der Waals surface area (Å²) in [5, 5.41) is 2.58. The fourth-order valence-electron chi connectivity index (χ4n) is 2.64. The Balaban J connectivity index is 1.72. The van der Waals surface area contributed by atoms with E-state index in [9.17, 15) is 23.2 Å². The van der Waals surface area contributed by atoms with E-state index in [1.54, 1.807) is 0 Å². The molecule has 0 atom stereocenters. The molecule has 0 bridgehead atoms. The van der Waals surface area contributed by atoms with Crippen molar-refractivity contribution in [1.82, 2.24) is 9.80 Å². The van der Waals surface area contributed by atoms with Gasteiger partial charge >= 0.3 is 6.03 Å². The summed E-state index contributed by atoms with van der Waals surface area (Å²) in [6.07, 6.45) is 0. The fourth-order valence-corrected chi connectivity index (χ4v) is 2.64. The lowest BCUT2D eigenvalue weighted by Gasteiger charge is -2.18. The Bertz CT molecular complexity index is 930. The number of anilines is 1. The number of hydrogen-bond donors (Lipinski definition) is 1. The SMILES string of the molecule is CN(Cc1ccc(F)cc1F)C(=O)Nc1ccc2c(c1)C(=O)N(C)C2=O. The summed E-state index contributed by atoms with van der Waals surface area (Å²) in [6.45, 7) is -0.0664. The van der Waals surface area contributed by atoms with Crippen molar-refractivity contribution in [2.24, 2.45) is 0 Å². The monoisotopic (exact) mass is 359 g/mol. The predicted octanol–water partition coefficient (Wildman–Crippen LogP) is 2.85. The maximum atomic E-state index is 13.7. The van der Waals surface area contributed by atoms with E-state index >= 15 is 0 Å². The summed E-state index contributed by atoms with van der Waals surface area (Å²) in [5.41, 5.74) is 0.983. The standard InChI is InChI=1S/C18H15F2N3O3/c1-22(9-10-3-4-11(19)7-15(10)20)18(26)21-12-5-6-13-14(8-12)17(25)23(2)16(13)24/h3-8H,9H2,1-2H3,(H,21,26). The first kappa shape index (κ1) is 17.5. The van der Waals surface area contributed by atoms with Crippen LogP contribution in [0.3, 0.4) is 0 Å². The minimum atomic E-state index is -0.741. The van der Waals surface area contributed by atoms with Crippen molar-refractivity contribution in [3.8, 4) is 0 Å². The number of urea groups is 1. The molecule has 1 aliphatic rings. The summed E-state index contributed by atoms with van der Waals surface area (Å²) in [5.74, 6) is -2.27. The lowest BCUT2D eigenvalue weighted by Crippen LogP contribution is -2.31. The van der Waals surface area contributed by atoms with Crippen molar-refractivity contribution in [3.05, 3.63) is 64.7 Å². The van der Waals surface area contributed by atoms with Crippen LogP contribution in [0.4, 0.5) is 19.3 Å². The van der Waals surface area contributed by atoms with Crippen molar-refractivity contribution in [3.63, 3.8) is 0 Å². The highest BCUT2D eigenvalue weighted by atomic mass is 19.1. The molecule has 0 radical (unpaired) electrons. The first-order chi connectivity index (χ1) is 12.3. The normalized spacial score (nSPS) is 13.0. The third-order valence-electron chi connectivity index (χ3n) is 4.11. The second-order valence-corrected chi connectivity index (χ2v) is 5.95. The fraction of sp³-hybridized carbons (Fsp3) is 0.167. The van der Waals surface area contributed by atoms with E-state index in [1.807, 2.05) is 0 Å². The van der Waals surface area contributed by atoms with E-state index in [4.69, 9.17) is 0 Å². The number of carbonyl (C=O) groups excluding carboxylic acids is 3. The van der Waals surface area contributed by atoms with E-state index in [0.717, 1.165) is 17.0 Å². The van der Waals surface area contributed by atoms with Crippen LogP contribution >= 0.6 is 0 Å². The molecule has 8 heteroatoms. The number of nitrogens with one attached hydrogen (secondary N) is 1. The Hall–Kier alpha value is -3.29. The van der Waals surface area contributed by atoms with Gasteiger partial charge in [-0.1, -0.05) is 6.07 Å². The Morgan fingerprint density at radius 1 is 1.08 bits per heavy atom. The van der Waals surface area contributed by atoms with E-state index in [2.05, 4.69) is 5.32 Å². The van der Waals surface area contributed by atoms with Crippen LogP contribution in [-0.2, 0) is 6.54 Å². The number of carbonyl (C=O) groups is 3. The predicted molar refractivity (Wildman–Crippen MR) is 89.7 cm³/mol. The minimum absolute atomic E-state index is 0.0664. The van der Waals surface area contributed by atoms with Crippen LogP contribution in [0.2, 0.25) is 0 Å². The first-order valence-electron chi connectivity index (χ1n) is 7.70. The summed E-state index contributed by atoms with van der Waals surface area (Å²) >= 11 is 0. The highest BCUT2D eigenvalue weighted by molar-refractivity contribution is 6.21. The molecule has 0 saturated carbocycles. The molecule has 4 amide bonds. The molecule has 2 aromatic carbocycles. The molecule has 1 aliphatic heterocycles. The molecule has 0 aromatic heterocycles. The van der Waals surface area contributed by atoms with Gasteiger partial charge in [0.1, 0.15) is 11.6 Å². The number of amides is 4. The Morgan fingerprint density at radius 2 is 1.77 bits per heavy atom. The zero-order valence-corrected chi connectivity index (χ0v) is 14.0. The molecule has 26 heavy (non-hydrogen) atoms. The van der Waals surface area contributed by atoms with Gasteiger partial charge < -0.3 is 10.2 Å². The van der Waals surface area contributed by atoms with Gasteiger partial charge in [-0.25, -0.2) is 13.6 Å². The lowest BCUT2D eigenvalue weighted by atomic mass is 10.1. The van der Waals surface area contributed by atoms with Crippen molar-refractivity contribution in [1.29, 1.82) is 0 Å². The smallest absolute Gasteiger partial charge is 0.321 e. The average Bonchev–Trinajstić information content (AvgIpc) is 2.81. The molecule has 1 heterocycles. The number of hydrogen-bond acceptors (Lipinski definition) is 3. The van der Waals surface area contributed by atoms with Gasteiger partial charge in [0, 0.05) is 38.0 Å². The number of fused-ring (bicyclic) bond motifs is 1. The second-order valence-electron chi connectivity index (χ2n) is 5.95. The molecule has 0 unspecified atom stereocenters. The van der Waals surface area contributed by atoms with Crippen LogP contribution in [0.5, 0.6) is 0 Å². The van der Waals surface area contributed by atoms with E-state index < -0.39 is 29.5 Å². The number of rotatable bonds is 3. The summed E-state index contributed by atoms with van der Waals surface area (Å²) < 4.78 is 26.6. The maximum Gasteiger partial charge on any atom is 0.321 e. The highest BCUT2D eigenvalue weighted by Crippen LogP contribution is 2.25. The van der Waals surface area contributed by atoms with Crippen LogP contribution in [-0.4, -0.2) is 41.7 Å². The number of imide groups is 1. The Morgan fingerprint density at radius 3 is 2.46 bits per heavy atom. The van der Waals surface area contributed by atoms with Gasteiger partial charge in [0.2, 0.25) is 0 Å². The summed E-state index contributed by atoms with van der Waals surface area (Å²) in [4.78, 5) is 38.3. The quantitative estimate of drug-likeness (QED) is 0.857. The zero-order valence-electron chi connectivity index (χ0n) is 14.0.